The van der Waals surface area contributed by atoms with Crippen molar-refractivity contribution in [2.75, 3.05) is 44.8 Å². The van der Waals surface area contributed by atoms with Gasteiger partial charge in [0.05, 0.1) is 13.2 Å². The molecule has 0 atom stereocenters. The highest BCUT2D eigenvalue weighted by molar-refractivity contribution is 5.85. The van der Waals surface area contributed by atoms with E-state index < -0.39 is 0 Å². The molecule has 0 aromatic heterocycles. The molecule has 0 radical (unpaired) electrons. The standard InChI is InChI=1S/C21H33N3O2.2ClH/c1-23(20(25)15-21(17-22)9-5-2-6-10-21)16-18-7-3-4-8-19(18)24-11-13-26-14-12-24;;/h3-4,7-8H,2,5-6,9-17,22H2,1H3;2*1H. The molecule has 5 nitrogen and oxygen atoms in total. The van der Waals surface area contributed by atoms with Gasteiger partial charge in [-0.2, -0.15) is 0 Å². The van der Waals surface area contributed by atoms with Crippen molar-refractivity contribution in [1.29, 1.82) is 0 Å². The summed E-state index contributed by atoms with van der Waals surface area (Å²) in [5.41, 5.74) is 8.52. The number of carbonyl (C=O) groups excluding carboxylic acids is 1. The lowest BCUT2D eigenvalue weighted by Crippen LogP contribution is -2.40. The Balaban J connectivity index is 0.00000196. The first-order chi connectivity index (χ1) is 12.6. The average molecular weight is 432 g/mol. The van der Waals surface area contributed by atoms with Crippen LogP contribution in [0.3, 0.4) is 0 Å². The topological polar surface area (TPSA) is 58.8 Å². The molecule has 2 N–H and O–H groups in total. The van der Waals surface area contributed by atoms with Crippen molar-refractivity contribution >= 4 is 36.4 Å². The number of nitrogens with zero attached hydrogens (tertiary/aromatic N) is 2. The molecule has 2 fully saturated rings. The van der Waals surface area contributed by atoms with Gasteiger partial charge < -0.3 is 20.3 Å². The minimum absolute atomic E-state index is 0. The molecule has 1 aromatic rings. The number of hydrogen-bond acceptors (Lipinski definition) is 4. The van der Waals surface area contributed by atoms with Gasteiger partial charge in [0.25, 0.3) is 0 Å². The number of carbonyl (C=O) groups is 1. The fourth-order valence-electron chi connectivity index (χ4n) is 4.31. The van der Waals surface area contributed by atoms with E-state index in [1.54, 1.807) is 0 Å². The molecule has 0 unspecified atom stereocenters. The zero-order chi connectivity index (χ0) is 18.4. The van der Waals surface area contributed by atoms with E-state index in [2.05, 4.69) is 29.2 Å². The first-order valence-corrected chi connectivity index (χ1v) is 9.98. The molecule has 7 heteroatoms. The van der Waals surface area contributed by atoms with E-state index in [0.717, 1.165) is 39.1 Å². The number of anilines is 1. The Bertz CT molecular complexity index is 603. The largest absolute Gasteiger partial charge is 0.378 e. The summed E-state index contributed by atoms with van der Waals surface area (Å²) in [6, 6.07) is 8.41. The van der Waals surface area contributed by atoms with Crippen LogP contribution in [0.15, 0.2) is 24.3 Å². The highest BCUT2D eigenvalue weighted by Crippen LogP contribution is 2.38. The molecule has 28 heavy (non-hydrogen) atoms. The van der Waals surface area contributed by atoms with E-state index in [9.17, 15) is 4.79 Å². The third-order valence-electron chi connectivity index (χ3n) is 6.05. The molecule has 1 saturated carbocycles. The summed E-state index contributed by atoms with van der Waals surface area (Å²) in [7, 11) is 1.92. The summed E-state index contributed by atoms with van der Waals surface area (Å²) in [5, 5.41) is 0. The smallest absolute Gasteiger partial charge is 0.223 e. The van der Waals surface area contributed by atoms with Crippen LogP contribution < -0.4 is 10.6 Å². The molecule has 0 spiro atoms. The van der Waals surface area contributed by atoms with Crippen molar-refractivity contribution in [2.45, 2.75) is 45.1 Å². The molecule has 1 saturated heterocycles. The molecule has 3 rings (SSSR count). The van der Waals surface area contributed by atoms with Crippen molar-refractivity contribution in [1.82, 2.24) is 4.90 Å². The van der Waals surface area contributed by atoms with E-state index in [-0.39, 0.29) is 36.1 Å². The predicted octanol–water partition coefficient (Wildman–Crippen LogP) is 3.62. The number of rotatable bonds is 6. The molecule has 1 amide bonds. The maximum Gasteiger partial charge on any atom is 0.223 e. The van der Waals surface area contributed by atoms with Crippen LogP contribution in [0.1, 0.15) is 44.1 Å². The molecule has 1 heterocycles. The van der Waals surface area contributed by atoms with Crippen molar-refractivity contribution in [3.8, 4) is 0 Å². The first-order valence-electron chi connectivity index (χ1n) is 9.98. The van der Waals surface area contributed by atoms with Crippen LogP contribution in [0.5, 0.6) is 0 Å². The van der Waals surface area contributed by atoms with Gasteiger partial charge in [0, 0.05) is 38.8 Å². The monoisotopic (exact) mass is 431 g/mol. The van der Waals surface area contributed by atoms with Crippen molar-refractivity contribution in [2.24, 2.45) is 11.1 Å². The number of halogens is 2. The number of ether oxygens (including phenoxy) is 1. The Kier molecular flexibility index (Phi) is 10.6. The lowest BCUT2D eigenvalue weighted by molar-refractivity contribution is -0.133. The summed E-state index contributed by atoms with van der Waals surface area (Å²) in [6.07, 6.45) is 6.45. The average Bonchev–Trinajstić information content (AvgIpc) is 2.69. The van der Waals surface area contributed by atoms with E-state index >= 15 is 0 Å². The van der Waals surface area contributed by atoms with E-state index in [1.807, 2.05) is 11.9 Å². The zero-order valence-corrected chi connectivity index (χ0v) is 18.5. The van der Waals surface area contributed by atoms with Gasteiger partial charge in [-0.25, -0.2) is 0 Å². The lowest BCUT2D eigenvalue weighted by atomic mass is 9.71. The lowest BCUT2D eigenvalue weighted by Gasteiger charge is -2.37. The van der Waals surface area contributed by atoms with Crippen LogP contribution in [-0.2, 0) is 16.1 Å². The number of amides is 1. The van der Waals surface area contributed by atoms with Gasteiger partial charge in [-0.05, 0) is 36.4 Å². The second-order valence-electron chi connectivity index (χ2n) is 7.92. The Labute approximate surface area is 181 Å². The number of benzene rings is 1. The summed E-state index contributed by atoms with van der Waals surface area (Å²) < 4.78 is 5.47. The van der Waals surface area contributed by atoms with Gasteiger partial charge in [-0.15, -0.1) is 24.8 Å². The normalized spacial score (nSPS) is 18.6. The molecular weight excluding hydrogens is 397 g/mol. The minimum Gasteiger partial charge on any atom is -0.378 e. The van der Waals surface area contributed by atoms with Crippen LogP contribution in [0.25, 0.3) is 0 Å². The molecule has 1 aromatic carbocycles. The van der Waals surface area contributed by atoms with Gasteiger partial charge in [0.1, 0.15) is 0 Å². The summed E-state index contributed by atoms with van der Waals surface area (Å²) >= 11 is 0. The van der Waals surface area contributed by atoms with E-state index in [1.165, 1.54) is 30.5 Å². The minimum atomic E-state index is 0. The fraction of sp³-hybridized carbons (Fsp3) is 0.667. The number of morpholine rings is 1. The molecule has 2 aliphatic rings. The predicted molar refractivity (Wildman–Crippen MR) is 120 cm³/mol. The Morgan fingerprint density at radius 1 is 1.14 bits per heavy atom. The second-order valence-corrected chi connectivity index (χ2v) is 7.92. The zero-order valence-electron chi connectivity index (χ0n) is 16.9. The Morgan fingerprint density at radius 2 is 1.79 bits per heavy atom. The molecule has 1 aliphatic heterocycles. The maximum atomic E-state index is 12.9. The fourth-order valence-corrected chi connectivity index (χ4v) is 4.31. The van der Waals surface area contributed by atoms with Crippen LogP contribution in [0, 0.1) is 5.41 Å². The van der Waals surface area contributed by atoms with Gasteiger partial charge in [0.2, 0.25) is 5.91 Å². The molecule has 0 bridgehead atoms. The quantitative estimate of drug-likeness (QED) is 0.746. The molecule has 1 aliphatic carbocycles. The molecule has 160 valence electrons. The molecular formula is C21H35Cl2N3O2. The number of nitrogens with two attached hydrogens (primary N) is 1. The number of hydrogen-bond donors (Lipinski definition) is 1. The van der Waals surface area contributed by atoms with Crippen LogP contribution in [-0.4, -0.2) is 50.7 Å². The Morgan fingerprint density at radius 3 is 2.43 bits per heavy atom. The van der Waals surface area contributed by atoms with Crippen LogP contribution in [0.4, 0.5) is 5.69 Å². The van der Waals surface area contributed by atoms with Crippen molar-refractivity contribution < 1.29 is 9.53 Å². The first kappa shape index (κ1) is 25.0. The SMILES string of the molecule is CN(Cc1ccccc1N1CCOCC1)C(=O)CC1(CN)CCCCC1.Cl.Cl. The van der Waals surface area contributed by atoms with E-state index in [4.69, 9.17) is 10.5 Å². The highest BCUT2D eigenvalue weighted by Gasteiger charge is 2.34. The van der Waals surface area contributed by atoms with E-state index in [0.29, 0.717) is 19.5 Å². The third kappa shape index (κ3) is 6.24. The van der Waals surface area contributed by atoms with Crippen LogP contribution >= 0.6 is 24.8 Å². The summed E-state index contributed by atoms with van der Waals surface area (Å²) in [4.78, 5) is 17.1. The summed E-state index contributed by atoms with van der Waals surface area (Å²) in [5.74, 6) is 0.217. The maximum absolute atomic E-state index is 12.9. The van der Waals surface area contributed by atoms with Gasteiger partial charge in [-0.3, -0.25) is 4.79 Å². The van der Waals surface area contributed by atoms with Crippen molar-refractivity contribution in [3.63, 3.8) is 0 Å². The van der Waals surface area contributed by atoms with Gasteiger partial charge in [0.15, 0.2) is 0 Å². The van der Waals surface area contributed by atoms with Crippen molar-refractivity contribution in [3.05, 3.63) is 29.8 Å². The number of para-hydroxylation sites is 1. The summed E-state index contributed by atoms with van der Waals surface area (Å²) in [6.45, 7) is 4.62. The van der Waals surface area contributed by atoms with Gasteiger partial charge in [-0.1, -0.05) is 37.5 Å². The van der Waals surface area contributed by atoms with Crippen LogP contribution in [0.2, 0.25) is 0 Å². The third-order valence-corrected chi connectivity index (χ3v) is 6.05. The Hall–Kier alpha value is -1.01. The second kappa shape index (κ2) is 11.9. The highest BCUT2D eigenvalue weighted by atomic mass is 35.5. The van der Waals surface area contributed by atoms with Gasteiger partial charge >= 0.3 is 0 Å².